The van der Waals surface area contributed by atoms with Gasteiger partial charge in [-0.1, -0.05) is 30.7 Å². The average molecular weight is 325 g/mol. The highest BCUT2D eigenvalue weighted by atomic mass is 35.5. The molecule has 1 atom stereocenters. The van der Waals surface area contributed by atoms with Gasteiger partial charge in [0.2, 0.25) is 0 Å². The van der Waals surface area contributed by atoms with E-state index in [1.807, 2.05) is 6.92 Å². The van der Waals surface area contributed by atoms with Gasteiger partial charge in [0.15, 0.2) is 5.79 Å². The van der Waals surface area contributed by atoms with Crippen LogP contribution in [0.15, 0.2) is 18.2 Å². The van der Waals surface area contributed by atoms with E-state index in [9.17, 15) is 0 Å². The lowest BCUT2D eigenvalue weighted by molar-refractivity contribution is -0.178. The number of ether oxygens (including phenoxy) is 2. The minimum absolute atomic E-state index is 0.212. The Morgan fingerprint density at radius 1 is 1.27 bits per heavy atom. The maximum atomic E-state index is 9.17. The zero-order chi connectivity index (χ0) is 15.6. The second kappa shape index (κ2) is 6.88. The first-order chi connectivity index (χ1) is 10.6. The van der Waals surface area contributed by atoms with Crippen LogP contribution >= 0.6 is 11.6 Å². The van der Waals surface area contributed by atoms with Crippen LogP contribution in [0.5, 0.6) is 0 Å². The molecule has 1 aliphatic carbocycles. The van der Waals surface area contributed by atoms with Crippen LogP contribution in [-0.2, 0) is 15.9 Å². The smallest absolute Gasteiger partial charge is 0.168 e. The summed E-state index contributed by atoms with van der Waals surface area (Å²) < 4.78 is 11.6. The van der Waals surface area contributed by atoms with E-state index in [-0.39, 0.29) is 18.3 Å². The van der Waals surface area contributed by atoms with Crippen molar-refractivity contribution in [2.75, 3.05) is 19.8 Å². The monoisotopic (exact) mass is 324 g/mol. The van der Waals surface area contributed by atoms with Crippen molar-refractivity contribution >= 4 is 11.6 Å². The standard InChI is InChI=1S/C18H25ClO3/c1-13(12-20)10-14-2-3-16(17(19)11-14)15-4-6-18(7-5-15)21-8-9-22-18/h2-3,11,13,15,20H,4-10,12H2,1H3/t13-/m1/s1. The Morgan fingerprint density at radius 2 is 1.95 bits per heavy atom. The minimum Gasteiger partial charge on any atom is -0.396 e. The second-order valence-electron chi connectivity index (χ2n) is 6.73. The predicted octanol–water partition coefficient (Wildman–Crippen LogP) is 3.91. The number of halogens is 1. The van der Waals surface area contributed by atoms with Crippen molar-refractivity contribution in [3.05, 3.63) is 34.3 Å². The van der Waals surface area contributed by atoms with Gasteiger partial charge in [-0.2, -0.15) is 0 Å². The summed E-state index contributed by atoms with van der Waals surface area (Å²) in [5.41, 5.74) is 2.44. The molecule has 1 heterocycles. The summed E-state index contributed by atoms with van der Waals surface area (Å²) in [6, 6.07) is 6.39. The number of rotatable bonds is 4. The Bertz CT molecular complexity index is 501. The lowest BCUT2D eigenvalue weighted by atomic mass is 9.80. The van der Waals surface area contributed by atoms with Crippen molar-refractivity contribution in [3.63, 3.8) is 0 Å². The first-order valence-electron chi connectivity index (χ1n) is 8.29. The first kappa shape index (κ1) is 16.3. The molecule has 3 nitrogen and oxygen atoms in total. The lowest BCUT2D eigenvalue weighted by Crippen LogP contribution is -2.34. The molecule has 1 aromatic carbocycles. The fraction of sp³-hybridized carbons (Fsp3) is 0.667. The van der Waals surface area contributed by atoms with Crippen LogP contribution in [0.3, 0.4) is 0 Å². The van der Waals surface area contributed by atoms with Crippen LogP contribution in [0.2, 0.25) is 5.02 Å². The summed E-state index contributed by atoms with van der Waals surface area (Å²) in [5, 5.41) is 10.0. The normalized spacial score (nSPS) is 23.0. The number of hydrogen-bond donors (Lipinski definition) is 1. The Balaban J connectivity index is 1.65. The van der Waals surface area contributed by atoms with Crippen molar-refractivity contribution in [1.29, 1.82) is 0 Å². The van der Waals surface area contributed by atoms with E-state index in [1.54, 1.807) is 0 Å². The number of hydrogen-bond acceptors (Lipinski definition) is 3. The minimum atomic E-state index is -0.306. The third-order valence-electron chi connectivity index (χ3n) is 4.96. The fourth-order valence-electron chi connectivity index (χ4n) is 3.65. The zero-order valence-electron chi connectivity index (χ0n) is 13.2. The number of benzene rings is 1. The molecule has 1 aliphatic heterocycles. The third-order valence-corrected chi connectivity index (χ3v) is 5.29. The van der Waals surface area contributed by atoms with Gasteiger partial charge >= 0.3 is 0 Å². The van der Waals surface area contributed by atoms with Gasteiger partial charge in [-0.3, -0.25) is 0 Å². The highest BCUT2D eigenvalue weighted by Crippen LogP contribution is 2.43. The SMILES string of the molecule is C[C@@H](CO)Cc1ccc(C2CCC3(CC2)OCCO3)c(Cl)c1. The van der Waals surface area contributed by atoms with Gasteiger partial charge < -0.3 is 14.6 Å². The van der Waals surface area contributed by atoms with Crippen LogP contribution in [0.1, 0.15) is 49.7 Å². The summed E-state index contributed by atoms with van der Waals surface area (Å²) in [6.07, 6.45) is 4.90. The summed E-state index contributed by atoms with van der Waals surface area (Å²) in [7, 11) is 0. The second-order valence-corrected chi connectivity index (χ2v) is 7.14. The highest BCUT2D eigenvalue weighted by molar-refractivity contribution is 6.31. The Hall–Kier alpha value is -0.610. The van der Waals surface area contributed by atoms with E-state index in [4.69, 9.17) is 26.2 Å². The van der Waals surface area contributed by atoms with Crippen LogP contribution < -0.4 is 0 Å². The van der Waals surface area contributed by atoms with Gasteiger partial charge in [-0.05, 0) is 48.3 Å². The van der Waals surface area contributed by atoms with E-state index in [2.05, 4.69) is 18.2 Å². The largest absolute Gasteiger partial charge is 0.396 e. The summed E-state index contributed by atoms with van der Waals surface area (Å²) in [6.45, 7) is 3.71. The summed E-state index contributed by atoms with van der Waals surface area (Å²) in [5.74, 6) is 0.461. The molecular formula is C18H25ClO3. The topological polar surface area (TPSA) is 38.7 Å². The predicted molar refractivity (Wildman–Crippen MR) is 87.2 cm³/mol. The molecule has 0 bridgehead atoms. The van der Waals surface area contributed by atoms with E-state index >= 15 is 0 Å². The summed E-state index contributed by atoms with van der Waals surface area (Å²) >= 11 is 6.52. The molecular weight excluding hydrogens is 300 g/mol. The van der Waals surface area contributed by atoms with Gasteiger partial charge in [0.05, 0.1) is 13.2 Å². The van der Waals surface area contributed by atoms with Gasteiger partial charge in [-0.25, -0.2) is 0 Å². The molecule has 0 amide bonds. The molecule has 1 spiro atoms. The van der Waals surface area contributed by atoms with E-state index in [0.717, 1.165) is 50.3 Å². The fourth-order valence-corrected chi connectivity index (χ4v) is 4.01. The quantitative estimate of drug-likeness (QED) is 0.912. The van der Waals surface area contributed by atoms with E-state index < -0.39 is 0 Å². The van der Waals surface area contributed by atoms with Gasteiger partial charge in [0.1, 0.15) is 0 Å². The van der Waals surface area contributed by atoms with Crippen LogP contribution in [-0.4, -0.2) is 30.7 Å². The maximum absolute atomic E-state index is 9.17. The number of aliphatic hydroxyl groups is 1. The highest BCUT2D eigenvalue weighted by Gasteiger charge is 2.40. The molecule has 1 saturated carbocycles. The van der Waals surface area contributed by atoms with E-state index in [0.29, 0.717) is 5.92 Å². The number of aliphatic hydroxyl groups excluding tert-OH is 1. The Morgan fingerprint density at radius 3 is 2.55 bits per heavy atom. The van der Waals surface area contributed by atoms with Gasteiger partial charge in [-0.15, -0.1) is 0 Å². The third kappa shape index (κ3) is 3.48. The summed E-state index contributed by atoms with van der Waals surface area (Å²) in [4.78, 5) is 0. The van der Waals surface area contributed by atoms with Crippen molar-refractivity contribution in [2.24, 2.45) is 5.92 Å². The lowest BCUT2D eigenvalue weighted by Gasteiger charge is -2.35. The molecule has 22 heavy (non-hydrogen) atoms. The Kier molecular flexibility index (Phi) is 5.08. The molecule has 0 unspecified atom stereocenters. The van der Waals surface area contributed by atoms with Crippen molar-refractivity contribution in [1.82, 2.24) is 0 Å². The van der Waals surface area contributed by atoms with E-state index in [1.165, 1.54) is 11.1 Å². The van der Waals surface area contributed by atoms with Crippen molar-refractivity contribution in [3.8, 4) is 0 Å². The van der Waals surface area contributed by atoms with Crippen LogP contribution in [0.4, 0.5) is 0 Å². The molecule has 3 rings (SSSR count). The van der Waals surface area contributed by atoms with Crippen LogP contribution in [0.25, 0.3) is 0 Å². The zero-order valence-corrected chi connectivity index (χ0v) is 13.9. The average Bonchev–Trinajstić information content (AvgIpc) is 2.97. The molecule has 0 radical (unpaired) electrons. The van der Waals surface area contributed by atoms with Crippen molar-refractivity contribution in [2.45, 2.75) is 50.7 Å². The molecule has 122 valence electrons. The van der Waals surface area contributed by atoms with Crippen LogP contribution in [0, 0.1) is 5.92 Å². The van der Waals surface area contributed by atoms with Gasteiger partial charge in [0.25, 0.3) is 0 Å². The maximum Gasteiger partial charge on any atom is 0.168 e. The molecule has 4 heteroatoms. The molecule has 2 aliphatic rings. The van der Waals surface area contributed by atoms with Crippen molar-refractivity contribution < 1.29 is 14.6 Å². The molecule has 2 fully saturated rings. The molecule has 1 aromatic rings. The van der Waals surface area contributed by atoms with Gasteiger partial charge in [0, 0.05) is 24.5 Å². The molecule has 1 N–H and O–H groups in total. The first-order valence-corrected chi connectivity index (χ1v) is 8.67. The molecule has 1 saturated heterocycles. The Labute approximate surface area is 137 Å². The molecule has 0 aromatic heterocycles.